The van der Waals surface area contributed by atoms with Gasteiger partial charge in [-0.2, -0.15) is 13.2 Å². The molecule has 0 unspecified atom stereocenters. The number of nitrogens with one attached hydrogen (secondary N) is 2. The van der Waals surface area contributed by atoms with Crippen molar-refractivity contribution < 1.29 is 36.6 Å². The lowest BCUT2D eigenvalue weighted by Crippen LogP contribution is -2.50. The molecule has 0 radical (unpaired) electrons. The monoisotopic (exact) mass is 485 g/mol. The highest BCUT2D eigenvalue weighted by atomic mass is 19.4. The second kappa shape index (κ2) is 11.2. The molecule has 1 aromatic carbocycles. The number of amides is 2. The number of carbonyl (C=O) groups is 2. The Balaban J connectivity index is 2.10. The molecule has 2 N–H and O–H groups in total. The number of nitrogens with zero attached hydrogens (tertiary/aromatic N) is 1. The summed E-state index contributed by atoms with van der Waals surface area (Å²) < 4.78 is 60.8. The molecule has 0 fully saturated rings. The Morgan fingerprint density at radius 2 is 1.74 bits per heavy atom. The van der Waals surface area contributed by atoms with E-state index in [4.69, 9.17) is 4.74 Å². The summed E-state index contributed by atoms with van der Waals surface area (Å²) in [6, 6.07) is 6.72. The van der Waals surface area contributed by atoms with Gasteiger partial charge in [-0.05, 0) is 51.5 Å². The van der Waals surface area contributed by atoms with Gasteiger partial charge in [0.05, 0.1) is 17.9 Å². The van der Waals surface area contributed by atoms with Crippen LogP contribution in [-0.2, 0) is 16.0 Å². The molecule has 11 heteroatoms. The lowest BCUT2D eigenvalue weighted by atomic mass is 10.0. The predicted molar refractivity (Wildman–Crippen MR) is 116 cm³/mol. The summed E-state index contributed by atoms with van der Waals surface area (Å²) >= 11 is 0. The molecule has 0 aliphatic rings. The van der Waals surface area contributed by atoms with E-state index in [0.717, 1.165) is 6.20 Å². The van der Waals surface area contributed by atoms with Gasteiger partial charge in [-0.15, -0.1) is 0 Å². The van der Waals surface area contributed by atoms with Crippen LogP contribution in [0.2, 0.25) is 0 Å². The maximum atomic E-state index is 14.2. The van der Waals surface area contributed by atoms with Crippen molar-refractivity contribution in [2.45, 2.75) is 58.0 Å². The summed E-state index contributed by atoms with van der Waals surface area (Å²) in [5.41, 5.74) is -0.249. The smallest absolute Gasteiger partial charge is 0.422 e. The minimum Gasteiger partial charge on any atom is -0.483 e. The van der Waals surface area contributed by atoms with Gasteiger partial charge in [-0.1, -0.05) is 18.2 Å². The number of ether oxygens (including phenoxy) is 2. The van der Waals surface area contributed by atoms with Gasteiger partial charge in [-0.3, -0.25) is 9.78 Å². The van der Waals surface area contributed by atoms with E-state index >= 15 is 0 Å². The van der Waals surface area contributed by atoms with Crippen LogP contribution in [0, 0.1) is 5.82 Å². The Morgan fingerprint density at radius 1 is 1.06 bits per heavy atom. The van der Waals surface area contributed by atoms with Crippen LogP contribution in [0.15, 0.2) is 42.6 Å². The van der Waals surface area contributed by atoms with Crippen LogP contribution in [0.3, 0.4) is 0 Å². The van der Waals surface area contributed by atoms with Gasteiger partial charge in [0, 0.05) is 6.42 Å². The molecule has 0 bridgehead atoms. The standard InChI is InChI=1S/C23H27F4N3O4/c1-14(18-10-9-16(12-28-18)33-13-23(25,26)27)29-20(31)19(30-21(32)34-22(2,3)4)11-15-7-5-6-8-17(15)24/h5-10,12,14,19H,11,13H2,1-4H3,(H,29,31)(H,30,32)/t14-,19-/m1/s1. The number of rotatable bonds is 8. The molecule has 0 aliphatic carbocycles. The third-order valence-electron chi connectivity index (χ3n) is 4.35. The SMILES string of the molecule is C[C@@H](NC(=O)[C@@H](Cc1ccccc1F)NC(=O)OC(C)(C)C)c1ccc(OCC(F)(F)F)cn1. The highest BCUT2D eigenvalue weighted by molar-refractivity contribution is 5.86. The van der Waals surface area contributed by atoms with E-state index in [0.29, 0.717) is 5.69 Å². The van der Waals surface area contributed by atoms with Crippen molar-refractivity contribution in [2.24, 2.45) is 0 Å². The molecule has 0 saturated heterocycles. The molecule has 0 saturated carbocycles. The first-order valence-corrected chi connectivity index (χ1v) is 10.4. The van der Waals surface area contributed by atoms with Gasteiger partial charge >= 0.3 is 12.3 Å². The number of benzene rings is 1. The number of pyridine rings is 1. The van der Waals surface area contributed by atoms with Gasteiger partial charge in [0.2, 0.25) is 5.91 Å². The van der Waals surface area contributed by atoms with Crippen molar-refractivity contribution in [2.75, 3.05) is 6.61 Å². The predicted octanol–water partition coefficient (Wildman–Crippen LogP) is 4.48. The van der Waals surface area contributed by atoms with Gasteiger partial charge in [-0.25, -0.2) is 9.18 Å². The minimum absolute atomic E-state index is 0.0800. The Morgan fingerprint density at radius 3 is 2.29 bits per heavy atom. The number of alkyl halides is 3. The van der Waals surface area contributed by atoms with E-state index in [1.165, 1.54) is 30.3 Å². The van der Waals surface area contributed by atoms with E-state index in [2.05, 4.69) is 20.4 Å². The first kappa shape index (κ1) is 26.9. The fourth-order valence-corrected chi connectivity index (χ4v) is 2.83. The fourth-order valence-electron chi connectivity index (χ4n) is 2.83. The van der Waals surface area contributed by atoms with Crippen LogP contribution in [-0.4, -0.2) is 41.4 Å². The quantitative estimate of drug-likeness (QED) is 0.539. The Bertz CT molecular complexity index is 975. The highest BCUT2D eigenvalue weighted by Gasteiger charge is 2.29. The van der Waals surface area contributed by atoms with E-state index in [1.807, 2.05) is 0 Å². The van der Waals surface area contributed by atoms with Crippen molar-refractivity contribution in [1.82, 2.24) is 15.6 Å². The molecular weight excluding hydrogens is 458 g/mol. The van der Waals surface area contributed by atoms with Crippen molar-refractivity contribution in [3.63, 3.8) is 0 Å². The average molecular weight is 485 g/mol. The first-order valence-electron chi connectivity index (χ1n) is 10.4. The summed E-state index contributed by atoms with van der Waals surface area (Å²) in [6.45, 7) is 5.13. The van der Waals surface area contributed by atoms with E-state index in [9.17, 15) is 27.2 Å². The average Bonchev–Trinajstić information content (AvgIpc) is 2.71. The maximum Gasteiger partial charge on any atom is 0.422 e. The molecule has 2 amide bonds. The Labute approximate surface area is 194 Å². The first-order chi connectivity index (χ1) is 15.7. The highest BCUT2D eigenvalue weighted by Crippen LogP contribution is 2.20. The van der Waals surface area contributed by atoms with Crippen LogP contribution >= 0.6 is 0 Å². The fraction of sp³-hybridized carbons (Fsp3) is 0.435. The normalized spacial score (nSPS) is 13.5. The molecule has 1 aromatic heterocycles. The summed E-state index contributed by atoms with van der Waals surface area (Å²) in [7, 11) is 0. The molecule has 186 valence electrons. The summed E-state index contributed by atoms with van der Waals surface area (Å²) in [4.78, 5) is 29.2. The largest absolute Gasteiger partial charge is 0.483 e. The third kappa shape index (κ3) is 9.24. The van der Waals surface area contributed by atoms with Crippen molar-refractivity contribution >= 4 is 12.0 Å². The molecule has 2 aromatic rings. The maximum absolute atomic E-state index is 14.2. The van der Waals surface area contributed by atoms with E-state index in [-0.39, 0.29) is 17.7 Å². The van der Waals surface area contributed by atoms with Crippen LogP contribution in [0.1, 0.15) is 45.0 Å². The molecule has 0 spiro atoms. The molecule has 0 aliphatic heterocycles. The van der Waals surface area contributed by atoms with Gasteiger partial charge in [0.25, 0.3) is 0 Å². The van der Waals surface area contributed by atoms with Crippen molar-refractivity contribution in [3.8, 4) is 5.75 Å². The topological polar surface area (TPSA) is 89.6 Å². The van der Waals surface area contributed by atoms with Crippen molar-refractivity contribution in [3.05, 3.63) is 59.7 Å². The van der Waals surface area contributed by atoms with Gasteiger partial charge < -0.3 is 20.1 Å². The molecule has 2 atom stereocenters. The van der Waals surface area contributed by atoms with Crippen LogP contribution < -0.4 is 15.4 Å². The van der Waals surface area contributed by atoms with Crippen LogP contribution in [0.4, 0.5) is 22.4 Å². The molecule has 34 heavy (non-hydrogen) atoms. The van der Waals surface area contributed by atoms with Gasteiger partial charge in [0.15, 0.2) is 6.61 Å². The number of aromatic nitrogens is 1. The molecule has 1 heterocycles. The second-order valence-corrected chi connectivity index (χ2v) is 8.55. The number of carbonyl (C=O) groups excluding carboxylic acids is 2. The number of hydrogen-bond donors (Lipinski definition) is 2. The van der Waals surface area contributed by atoms with Gasteiger partial charge in [0.1, 0.15) is 23.2 Å². The molecular formula is C23H27F4N3O4. The zero-order valence-electron chi connectivity index (χ0n) is 19.2. The molecule has 7 nitrogen and oxygen atoms in total. The lowest BCUT2D eigenvalue weighted by molar-refractivity contribution is -0.153. The number of halogens is 4. The Kier molecular flexibility index (Phi) is 8.83. The van der Waals surface area contributed by atoms with Crippen LogP contribution in [0.5, 0.6) is 5.75 Å². The Hall–Kier alpha value is -3.37. The third-order valence-corrected chi connectivity index (χ3v) is 4.35. The zero-order chi connectivity index (χ0) is 25.5. The van der Waals surface area contributed by atoms with Crippen molar-refractivity contribution in [1.29, 1.82) is 0 Å². The van der Waals surface area contributed by atoms with E-state index < -0.39 is 48.3 Å². The van der Waals surface area contributed by atoms with E-state index in [1.54, 1.807) is 33.8 Å². The summed E-state index contributed by atoms with van der Waals surface area (Å²) in [5, 5.41) is 5.12. The number of alkyl carbamates (subject to hydrolysis) is 1. The lowest BCUT2D eigenvalue weighted by Gasteiger charge is -2.24. The summed E-state index contributed by atoms with van der Waals surface area (Å²) in [5.74, 6) is -1.24. The zero-order valence-corrected chi connectivity index (χ0v) is 19.2. The summed E-state index contributed by atoms with van der Waals surface area (Å²) in [6.07, 6.45) is -4.35. The second-order valence-electron chi connectivity index (χ2n) is 8.55. The number of hydrogen-bond acceptors (Lipinski definition) is 5. The van der Waals surface area contributed by atoms with Crippen LogP contribution in [0.25, 0.3) is 0 Å². The molecule has 2 rings (SSSR count). The minimum atomic E-state index is -4.48.